The summed E-state index contributed by atoms with van der Waals surface area (Å²) in [4.78, 5) is 12.7. The van der Waals surface area contributed by atoms with Gasteiger partial charge in [-0.25, -0.2) is 13.2 Å². The van der Waals surface area contributed by atoms with Gasteiger partial charge in [-0.05, 0) is 77.5 Å². The van der Waals surface area contributed by atoms with Crippen LogP contribution in [0.2, 0.25) is 0 Å². The Kier molecular flexibility index (Phi) is 5.86. The van der Waals surface area contributed by atoms with E-state index in [0.29, 0.717) is 17.7 Å². The molecular weight excluding hydrogens is 422 g/mol. The average molecular weight is 456 g/mol. The first-order valence-corrected chi connectivity index (χ1v) is 13.0. The summed E-state index contributed by atoms with van der Waals surface area (Å²) in [5, 5.41) is -0.248. The van der Waals surface area contributed by atoms with Gasteiger partial charge in [-0.2, -0.15) is 0 Å². The number of hydrogen-bond acceptors (Lipinski definition) is 4. The molecule has 2 aromatic carbocycles. The van der Waals surface area contributed by atoms with Crippen molar-refractivity contribution in [3.05, 3.63) is 64.7 Å². The Bertz CT molecular complexity index is 1110. The van der Waals surface area contributed by atoms with Crippen molar-refractivity contribution in [2.45, 2.75) is 75.9 Å². The van der Waals surface area contributed by atoms with Crippen LogP contribution in [0.25, 0.3) is 0 Å². The van der Waals surface area contributed by atoms with E-state index in [1.807, 2.05) is 24.3 Å². The van der Waals surface area contributed by atoms with Gasteiger partial charge in [-0.1, -0.05) is 45.9 Å². The highest BCUT2D eigenvalue weighted by Crippen LogP contribution is 2.45. The molecule has 0 bridgehead atoms. The number of ether oxygens (including phenoxy) is 1. The third-order valence-electron chi connectivity index (χ3n) is 6.89. The zero-order chi connectivity index (χ0) is 23.1. The fourth-order valence-electron chi connectivity index (χ4n) is 4.43. The smallest absolute Gasteiger partial charge is 0.338 e. The quantitative estimate of drug-likeness (QED) is 0.572. The first-order chi connectivity index (χ1) is 15.0. The number of rotatable bonds is 7. The predicted octanol–water partition coefficient (Wildman–Crippen LogP) is 5.34. The van der Waals surface area contributed by atoms with Crippen molar-refractivity contribution < 1.29 is 17.9 Å². The number of fused-ring (bicyclic) bond motifs is 1. The molecule has 1 saturated carbocycles. The number of hydrogen-bond donors (Lipinski definition) is 1. The largest absolute Gasteiger partial charge is 0.462 e. The predicted molar refractivity (Wildman–Crippen MR) is 128 cm³/mol. The van der Waals surface area contributed by atoms with Gasteiger partial charge < -0.3 is 4.74 Å². The Hall–Kier alpha value is -2.34. The van der Waals surface area contributed by atoms with Crippen LogP contribution in [0, 0.1) is 0 Å². The van der Waals surface area contributed by atoms with E-state index < -0.39 is 10.0 Å². The molecule has 0 aliphatic heterocycles. The number of sulfonamides is 1. The number of anilines is 1. The monoisotopic (exact) mass is 455 g/mol. The summed E-state index contributed by atoms with van der Waals surface area (Å²) in [6.07, 6.45) is 4.28. The highest BCUT2D eigenvalue weighted by atomic mass is 32.2. The van der Waals surface area contributed by atoms with E-state index in [0.717, 1.165) is 31.2 Å². The lowest BCUT2D eigenvalue weighted by molar-refractivity contribution is 0.0509. The van der Waals surface area contributed by atoms with Gasteiger partial charge in [0, 0.05) is 12.1 Å². The second-order valence-corrected chi connectivity index (χ2v) is 12.4. The second kappa shape index (κ2) is 8.22. The van der Waals surface area contributed by atoms with Crippen molar-refractivity contribution in [1.82, 2.24) is 0 Å². The minimum atomic E-state index is -3.25. The van der Waals surface area contributed by atoms with Crippen LogP contribution in [0.3, 0.4) is 0 Å². The second-order valence-electron chi connectivity index (χ2n) is 10.5. The van der Waals surface area contributed by atoms with Gasteiger partial charge in [0.1, 0.15) is 0 Å². The first kappa shape index (κ1) is 22.8. The van der Waals surface area contributed by atoms with Crippen molar-refractivity contribution in [1.29, 1.82) is 0 Å². The van der Waals surface area contributed by atoms with E-state index in [1.165, 1.54) is 11.1 Å². The van der Waals surface area contributed by atoms with Crippen LogP contribution >= 0.6 is 0 Å². The number of carbonyl (C=O) groups is 1. The van der Waals surface area contributed by atoms with Gasteiger partial charge >= 0.3 is 5.97 Å². The standard InChI is InChI=1S/C26H33NO4S/c1-25(2)14-15-26(3,4)23-17-19(7-12-22(23)25)24(28)31-16-13-18-5-8-20(9-6-18)27-32(29,30)21-10-11-21/h5-9,12,17,21,27H,10-11,13-16H2,1-4H3. The Morgan fingerprint density at radius 1 is 0.969 bits per heavy atom. The number of nitrogens with one attached hydrogen (secondary N) is 1. The van der Waals surface area contributed by atoms with Gasteiger partial charge in [0.2, 0.25) is 10.0 Å². The van der Waals surface area contributed by atoms with E-state index in [4.69, 9.17) is 4.74 Å². The summed E-state index contributed by atoms with van der Waals surface area (Å²) in [6, 6.07) is 13.2. The topological polar surface area (TPSA) is 72.5 Å². The summed E-state index contributed by atoms with van der Waals surface area (Å²) in [5.41, 5.74) is 4.88. The lowest BCUT2D eigenvalue weighted by Crippen LogP contribution is -2.34. The molecule has 0 spiro atoms. The molecule has 0 heterocycles. The fraction of sp³-hybridized carbons (Fsp3) is 0.500. The normalized spacial score (nSPS) is 19.1. The molecule has 2 aliphatic rings. The number of esters is 1. The molecular formula is C26H33NO4S. The van der Waals surface area contributed by atoms with Crippen molar-refractivity contribution in [3.63, 3.8) is 0 Å². The minimum Gasteiger partial charge on any atom is -0.462 e. The molecule has 0 unspecified atom stereocenters. The summed E-state index contributed by atoms with van der Waals surface area (Å²) in [7, 11) is -3.25. The minimum absolute atomic E-state index is 0.0455. The molecule has 172 valence electrons. The Morgan fingerprint density at radius 2 is 1.59 bits per heavy atom. The summed E-state index contributed by atoms with van der Waals surface area (Å²) in [6.45, 7) is 9.29. The first-order valence-electron chi connectivity index (χ1n) is 11.4. The molecule has 1 fully saturated rings. The highest BCUT2D eigenvalue weighted by molar-refractivity contribution is 7.93. The molecule has 0 saturated heterocycles. The van der Waals surface area contributed by atoms with Crippen LogP contribution < -0.4 is 4.72 Å². The van der Waals surface area contributed by atoms with Crippen LogP contribution in [0.4, 0.5) is 5.69 Å². The number of carbonyl (C=O) groups excluding carboxylic acids is 1. The average Bonchev–Trinajstić information content (AvgIpc) is 3.58. The summed E-state index contributed by atoms with van der Waals surface area (Å²) < 4.78 is 32.2. The summed E-state index contributed by atoms with van der Waals surface area (Å²) in [5.74, 6) is -0.305. The van der Waals surface area contributed by atoms with Crippen LogP contribution in [0.1, 0.15) is 80.4 Å². The Balaban J connectivity index is 1.35. The van der Waals surface area contributed by atoms with E-state index in [2.05, 4.69) is 38.5 Å². The maximum Gasteiger partial charge on any atom is 0.338 e. The van der Waals surface area contributed by atoms with E-state index in [9.17, 15) is 13.2 Å². The van der Waals surface area contributed by atoms with Crippen LogP contribution in [0.5, 0.6) is 0 Å². The van der Waals surface area contributed by atoms with E-state index >= 15 is 0 Å². The molecule has 2 aromatic rings. The molecule has 0 atom stereocenters. The molecule has 6 heteroatoms. The lowest BCUT2D eigenvalue weighted by Gasteiger charge is -2.41. The highest BCUT2D eigenvalue weighted by Gasteiger charge is 2.37. The third-order valence-corrected chi connectivity index (χ3v) is 8.76. The van der Waals surface area contributed by atoms with Gasteiger partial charge in [0.05, 0.1) is 17.4 Å². The number of benzene rings is 2. The van der Waals surface area contributed by atoms with E-state index in [1.54, 1.807) is 12.1 Å². The van der Waals surface area contributed by atoms with Gasteiger partial charge in [0.25, 0.3) is 0 Å². The van der Waals surface area contributed by atoms with Gasteiger partial charge in [-0.15, -0.1) is 0 Å². The summed E-state index contributed by atoms with van der Waals surface area (Å²) >= 11 is 0. The molecule has 0 aromatic heterocycles. The Labute approximate surface area is 191 Å². The zero-order valence-corrected chi connectivity index (χ0v) is 20.2. The van der Waals surface area contributed by atoms with E-state index in [-0.39, 0.29) is 28.7 Å². The van der Waals surface area contributed by atoms with Crippen LogP contribution in [0.15, 0.2) is 42.5 Å². The van der Waals surface area contributed by atoms with Crippen molar-refractivity contribution in [2.24, 2.45) is 0 Å². The molecule has 0 amide bonds. The van der Waals surface area contributed by atoms with Crippen molar-refractivity contribution in [2.75, 3.05) is 11.3 Å². The Morgan fingerprint density at radius 3 is 2.22 bits per heavy atom. The van der Waals surface area contributed by atoms with Crippen molar-refractivity contribution in [3.8, 4) is 0 Å². The lowest BCUT2D eigenvalue weighted by atomic mass is 9.63. The van der Waals surface area contributed by atoms with Gasteiger partial charge in [-0.3, -0.25) is 4.72 Å². The maximum absolute atomic E-state index is 12.7. The van der Waals surface area contributed by atoms with Crippen LogP contribution in [-0.4, -0.2) is 26.2 Å². The molecule has 5 nitrogen and oxygen atoms in total. The maximum atomic E-state index is 12.7. The van der Waals surface area contributed by atoms with Gasteiger partial charge in [0.15, 0.2) is 0 Å². The fourth-order valence-corrected chi connectivity index (χ4v) is 5.81. The van der Waals surface area contributed by atoms with Crippen LogP contribution in [-0.2, 0) is 32.0 Å². The van der Waals surface area contributed by atoms with Crippen molar-refractivity contribution >= 4 is 21.7 Å². The molecule has 4 rings (SSSR count). The molecule has 2 aliphatic carbocycles. The molecule has 0 radical (unpaired) electrons. The third kappa shape index (κ3) is 4.85. The molecule has 32 heavy (non-hydrogen) atoms. The zero-order valence-electron chi connectivity index (χ0n) is 19.4. The SMILES string of the molecule is CC1(C)CCC(C)(C)c2cc(C(=O)OCCc3ccc(NS(=O)(=O)C4CC4)cc3)ccc21. The molecule has 1 N–H and O–H groups in total.